The number of halogens is 2. The van der Waals surface area contributed by atoms with Gasteiger partial charge in [-0.25, -0.2) is 0 Å². The molecule has 1 amide bonds. The largest absolute Gasteiger partial charge is 0.508 e. The van der Waals surface area contributed by atoms with Crippen LogP contribution in [0.5, 0.6) is 11.5 Å². The molecule has 0 bridgehead atoms. The van der Waals surface area contributed by atoms with Gasteiger partial charge in [-0.15, -0.1) is 0 Å². The first kappa shape index (κ1) is 18.8. The molecule has 0 atom stereocenters. The summed E-state index contributed by atoms with van der Waals surface area (Å²) < 4.78 is 7.07. The Balaban J connectivity index is 2.27. The number of aromatic hydroxyl groups is 1. The minimum absolute atomic E-state index is 0.159. The van der Waals surface area contributed by atoms with Crippen molar-refractivity contribution in [2.75, 3.05) is 6.61 Å². The Bertz CT molecular complexity index is 737. The number of nitrogens with two attached hydrogens (primary N) is 1. The van der Waals surface area contributed by atoms with Gasteiger partial charge in [0, 0.05) is 8.95 Å². The Hall–Kier alpha value is -1.53. The summed E-state index contributed by atoms with van der Waals surface area (Å²) in [5, 5.41) is 9.95. The van der Waals surface area contributed by atoms with Crippen LogP contribution in [0.4, 0.5) is 0 Å². The molecule has 4 nitrogen and oxygen atoms in total. The first-order valence-electron chi connectivity index (χ1n) is 7.48. The van der Waals surface area contributed by atoms with Gasteiger partial charge in [0.05, 0.1) is 0 Å². The van der Waals surface area contributed by atoms with E-state index in [2.05, 4.69) is 45.7 Å². The summed E-state index contributed by atoms with van der Waals surface area (Å²) in [5.41, 5.74) is 8.18. The summed E-state index contributed by atoms with van der Waals surface area (Å²) in [6.07, 6.45) is 0.692. The van der Waals surface area contributed by atoms with Gasteiger partial charge in [-0.2, -0.15) is 0 Å². The highest BCUT2D eigenvalue weighted by molar-refractivity contribution is 9.11. The van der Waals surface area contributed by atoms with Crippen LogP contribution in [0.1, 0.15) is 36.5 Å². The Morgan fingerprint density at radius 3 is 2.38 bits per heavy atom. The van der Waals surface area contributed by atoms with Crippen LogP contribution in [-0.2, 0) is 11.2 Å². The maximum atomic E-state index is 10.8. The molecule has 0 unspecified atom stereocenters. The highest BCUT2D eigenvalue weighted by Crippen LogP contribution is 2.34. The lowest BCUT2D eigenvalue weighted by Crippen LogP contribution is -2.20. The molecule has 0 aliphatic carbocycles. The summed E-state index contributed by atoms with van der Waals surface area (Å²) in [6.45, 7) is 3.94. The molecular formula is C18H19Br2NO3. The van der Waals surface area contributed by atoms with E-state index in [0.29, 0.717) is 17.9 Å². The first-order valence-corrected chi connectivity index (χ1v) is 9.07. The van der Waals surface area contributed by atoms with Crippen molar-refractivity contribution in [3.63, 3.8) is 0 Å². The third-order valence-electron chi connectivity index (χ3n) is 3.59. The topological polar surface area (TPSA) is 72.5 Å². The number of rotatable bonds is 6. The van der Waals surface area contributed by atoms with Crippen molar-refractivity contribution in [3.05, 3.63) is 56.0 Å². The van der Waals surface area contributed by atoms with Crippen molar-refractivity contribution >= 4 is 37.8 Å². The fraction of sp³-hybridized carbons (Fsp3) is 0.278. The van der Waals surface area contributed by atoms with Gasteiger partial charge in [0.15, 0.2) is 6.61 Å². The van der Waals surface area contributed by atoms with Gasteiger partial charge in [0.2, 0.25) is 0 Å². The molecular weight excluding hydrogens is 438 g/mol. The summed E-state index contributed by atoms with van der Waals surface area (Å²) in [7, 11) is 0. The monoisotopic (exact) mass is 455 g/mol. The van der Waals surface area contributed by atoms with Crippen LogP contribution in [0.2, 0.25) is 0 Å². The lowest BCUT2D eigenvalue weighted by Gasteiger charge is -2.14. The average molecular weight is 457 g/mol. The molecule has 2 rings (SSSR count). The molecule has 2 aromatic carbocycles. The molecule has 0 saturated carbocycles. The van der Waals surface area contributed by atoms with Gasteiger partial charge < -0.3 is 15.6 Å². The maximum absolute atomic E-state index is 10.8. The summed E-state index contributed by atoms with van der Waals surface area (Å²) in [6, 6.07) is 9.30. The number of phenols is 1. The molecule has 0 spiro atoms. The molecule has 0 fully saturated rings. The van der Waals surface area contributed by atoms with Gasteiger partial charge in [-0.3, -0.25) is 4.79 Å². The van der Waals surface area contributed by atoms with Crippen LogP contribution in [0.15, 0.2) is 39.3 Å². The fourth-order valence-electron chi connectivity index (χ4n) is 2.37. The van der Waals surface area contributed by atoms with E-state index in [4.69, 9.17) is 10.5 Å². The minimum atomic E-state index is -0.517. The maximum Gasteiger partial charge on any atom is 0.255 e. The lowest BCUT2D eigenvalue weighted by molar-refractivity contribution is -0.119. The van der Waals surface area contributed by atoms with Crippen molar-refractivity contribution < 1.29 is 14.6 Å². The number of carbonyl (C=O) groups excluding carboxylic acids is 1. The highest BCUT2D eigenvalue weighted by Gasteiger charge is 2.12. The molecule has 3 N–H and O–H groups in total. The molecule has 0 aliphatic rings. The van der Waals surface area contributed by atoms with E-state index in [-0.39, 0.29) is 12.5 Å². The number of phenolic OH excluding ortho intramolecular Hbond substituents is 1. The fourth-order valence-corrected chi connectivity index (χ4v) is 3.79. The van der Waals surface area contributed by atoms with Gasteiger partial charge in [-0.05, 0) is 47.2 Å². The van der Waals surface area contributed by atoms with Crippen LogP contribution in [0.25, 0.3) is 0 Å². The van der Waals surface area contributed by atoms with Crippen molar-refractivity contribution in [1.82, 2.24) is 0 Å². The normalized spacial score (nSPS) is 10.9. The van der Waals surface area contributed by atoms with E-state index in [1.54, 1.807) is 6.07 Å². The number of ether oxygens (including phenoxy) is 1. The highest BCUT2D eigenvalue weighted by atomic mass is 79.9. The van der Waals surface area contributed by atoms with Crippen molar-refractivity contribution in [2.45, 2.75) is 26.2 Å². The smallest absolute Gasteiger partial charge is 0.255 e. The first-order chi connectivity index (χ1) is 11.3. The molecule has 0 saturated heterocycles. The zero-order chi connectivity index (χ0) is 17.9. The number of hydrogen-bond acceptors (Lipinski definition) is 3. The summed E-state index contributed by atoms with van der Waals surface area (Å²) in [4.78, 5) is 10.8. The van der Waals surface area contributed by atoms with Gasteiger partial charge in [-0.1, -0.05) is 57.8 Å². The molecule has 0 radical (unpaired) electrons. The third-order valence-corrected chi connectivity index (χ3v) is 5.01. The minimum Gasteiger partial charge on any atom is -0.508 e. The Kier molecular flexibility index (Phi) is 6.29. The van der Waals surface area contributed by atoms with Crippen molar-refractivity contribution in [2.24, 2.45) is 5.73 Å². The van der Waals surface area contributed by atoms with Crippen LogP contribution < -0.4 is 10.5 Å². The molecule has 2 aromatic rings. The Labute approximate surface area is 158 Å². The van der Waals surface area contributed by atoms with E-state index in [9.17, 15) is 9.90 Å². The van der Waals surface area contributed by atoms with E-state index in [1.807, 2.05) is 24.3 Å². The van der Waals surface area contributed by atoms with Gasteiger partial charge in [0.25, 0.3) is 5.91 Å². The van der Waals surface area contributed by atoms with Crippen LogP contribution in [0.3, 0.4) is 0 Å². The molecule has 0 heterocycles. The van der Waals surface area contributed by atoms with E-state index in [1.165, 1.54) is 0 Å². The molecule has 6 heteroatoms. The Morgan fingerprint density at radius 1 is 1.21 bits per heavy atom. The second-order valence-electron chi connectivity index (χ2n) is 5.85. The van der Waals surface area contributed by atoms with E-state index >= 15 is 0 Å². The average Bonchev–Trinajstić information content (AvgIpc) is 2.50. The predicted molar refractivity (Wildman–Crippen MR) is 102 cm³/mol. The SMILES string of the molecule is CC(C)c1cc(Cc2c(Br)cc(OCC(N)=O)cc2Br)ccc1O. The van der Waals surface area contributed by atoms with E-state index in [0.717, 1.165) is 25.6 Å². The Morgan fingerprint density at radius 2 is 1.83 bits per heavy atom. The molecule has 0 aliphatic heterocycles. The second-order valence-corrected chi connectivity index (χ2v) is 7.55. The number of carbonyl (C=O) groups is 1. The van der Waals surface area contributed by atoms with Crippen LogP contribution in [0, 0.1) is 0 Å². The second kappa shape index (κ2) is 8.03. The van der Waals surface area contributed by atoms with Crippen LogP contribution >= 0.6 is 31.9 Å². The lowest BCUT2D eigenvalue weighted by atomic mass is 9.96. The number of benzene rings is 2. The van der Waals surface area contributed by atoms with Crippen LogP contribution in [-0.4, -0.2) is 17.6 Å². The number of primary amides is 1. The quantitative estimate of drug-likeness (QED) is 0.672. The summed E-state index contributed by atoms with van der Waals surface area (Å²) >= 11 is 7.10. The molecule has 0 aromatic heterocycles. The summed E-state index contributed by atoms with van der Waals surface area (Å²) in [5.74, 6) is 0.616. The molecule has 24 heavy (non-hydrogen) atoms. The number of amides is 1. The van der Waals surface area contributed by atoms with Crippen molar-refractivity contribution in [3.8, 4) is 11.5 Å². The number of hydrogen-bond donors (Lipinski definition) is 2. The van der Waals surface area contributed by atoms with Crippen molar-refractivity contribution in [1.29, 1.82) is 0 Å². The van der Waals surface area contributed by atoms with Gasteiger partial charge in [0.1, 0.15) is 11.5 Å². The standard InChI is InChI=1S/C18H19Br2NO3/c1-10(2)13-5-11(3-4-17(13)22)6-14-15(19)7-12(8-16(14)20)24-9-18(21)23/h3-5,7-8,10,22H,6,9H2,1-2H3,(H2,21,23). The zero-order valence-electron chi connectivity index (χ0n) is 13.5. The third kappa shape index (κ3) is 4.74. The predicted octanol–water partition coefficient (Wildman–Crippen LogP) is 4.50. The zero-order valence-corrected chi connectivity index (χ0v) is 16.6. The van der Waals surface area contributed by atoms with Gasteiger partial charge >= 0.3 is 0 Å². The molecule has 128 valence electrons. The van der Waals surface area contributed by atoms with E-state index < -0.39 is 5.91 Å².